The van der Waals surface area contributed by atoms with E-state index in [9.17, 15) is 0 Å². The highest BCUT2D eigenvalue weighted by atomic mass is 16.5. The average molecular weight is 223 g/mol. The highest BCUT2D eigenvalue weighted by molar-refractivity contribution is 5.80. The molecule has 90 valence electrons. The number of ether oxygens (including phenoxy) is 1. The molecule has 0 spiro atoms. The molecule has 1 fully saturated rings. The zero-order valence-corrected chi connectivity index (χ0v) is 10.4. The van der Waals surface area contributed by atoms with Gasteiger partial charge >= 0.3 is 0 Å². The van der Waals surface area contributed by atoms with Gasteiger partial charge in [0.05, 0.1) is 18.9 Å². The van der Waals surface area contributed by atoms with E-state index < -0.39 is 0 Å². The van der Waals surface area contributed by atoms with E-state index in [0.29, 0.717) is 5.92 Å². The maximum atomic E-state index is 5.31. The van der Waals surface area contributed by atoms with E-state index in [4.69, 9.17) is 4.74 Å². The van der Waals surface area contributed by atoms with Crippen molar-refractivity contribution < 1.29 is 4.74 Å². The van der Waals surface area contributed by atoms with Crippen LogP contribution >= 0.6 is 0 Å². The van der Waals surface area contributed by atoms with Crippen molar-refractivity contribution in [1.82, 2.24) is 4.90 Å². The minimum Gasteiger partial charge on any atom is -0.378 e. The third-order valence-corrected chi connectivity index (χ3v) is 2.57. The van der Waals surface area contributed by atoms with Crippen LogP contribution in [0.4, 0.5) is 0 Å². The summed E-state index contributed by atoms with van der Waals surface area (Å²) < 4.78 is 5.31. The molecule has 0 N–H and O–H groups in total. The lowest BCUT2D eigenvalue weighted by atomic mass is 10.1. The van der Waals surface area contributed by atoms with Crippen LogP contribution in [0.2, 0.25) is 0 Å². The maximum absolute atomic E-state index is 5.31. The van der Waals surface area contributed by atoms with Crippen molar-refractivity contribution in [3.63, 3.8) is 0 Å². The summed E-state index contributed by atoms with van der Waals surface area (Å²) in [4.78, 5) is 10.6. The van der Waals surface area contributed by atoms with Gasteiger partial charge in [-0.2, -0.15) is 0 Å². The molecule has 4 heteroatoms. The zero-order valence-electron chi connectivity index (χ0n) is 10.4. The first-order valence-electron chi connectivity index (χ1n) is 5.69. The molecule has 0 radical (unpaired) electrons. The molecule has 16 heavy (non-hydrogen) atoms. The summed E-state index contributed by atoms with van der Waals surface area (Å²) in [5.74, 6) is 1.40. The SMILES string of the molecule is C=N/C=C(\N=C(C)N1CCOCC1)C(C)C. The lowest BCUT2D eigenvalue weighted by molar-refractivity contribution is 0.0678. The molecule has 0 saturated carbocycles. The summed E-state index contributed by atoms with van der Waals surface area (Å²) in [6.07, 6.45) is 1.73. The Morgan fingerprint density at radius 3 is 2.50 bits per heavy atom. The minimum absolute atomic E-state index is 0.362. The molecule has 0 aromatic rings. The van der Waals surface area contributed by atoms with Gasteiger partial charge in [0, 0.05) is 19.3 Å². The van der Waals surface area contributed by atoms with Crippen molar-refractivity contribution in [3.8, 4) is 0 Å². The summed E-state index contributed by atoms with van der Waals surface area (Å²) >= 11 is 0. The third kappa shape index (κ3) is 3.77. The first-order chi connectivity index (χ1) is 7.65. The highest BCUT2D eigenvalue weighted by Gasteiger charge is 2.12. The molecule has 0 aromatic carbocycles. The number of hydrogen-bond donors (Lipinski definition) is 0. The number of allylic oxidation sites excluding steroid dienone is 1. The van der Waals surface area contributed by atoms with E-state index in [-0.39, 0.29) is 0 Å². The molecule has 0 aliphatic carbocycles. The fraction of sp³-hybridized carbons (Fsp3) is 0.667. The van der Waals surface area contributed by atoms with E-state index in [1.54, 1.807) is 6.20 Å². The van der Waals surface area contributed by atoms with Crippen molar-refractivity contribution in [2.75, 3.05) is 26.3 Å². The predicted octanol–water partition coefficient (Wildman–Crippen LogP) is 1.93. The van der Waals surface area contributed by atoms with Crippen LogP contribution in [0.25, 0.3) is 0 Å². The number of nitrogens with zero attached hydrogens (tertiary/aromatic N) is 3. The molecule has 1 rings (SSSR count). The summed E-state index contributed by atoms with van der Waals surface area (Å²) in [6.45, 7) is 13.1. The van der Waals surface area contributed by atoms with Crippen LogP contribution < -0.4 is 0 Å². The Bertz CT molecular complexity index is 289. The molecule has 0 amide bonds. The monoisotopic (exact) mass is 223 g/mol. The van der Waals surface area contributed by atoms with Crippen LogP contribution in [0.1, 0.15) is 20.8 Å². The highest BCUT2D eigenvalue weighted by Crippen LogP contribution is 2.12. The van der Waals surface area contributed by atoms with Crippen molar-refractivity contribution in [2.24, 2.45) is 15.9 Å². The third-order valence-electron chi connectivity index (χ3n) is 2.57. The van der Waals surface area contributed by atoms with E-state index in [0.717, 1.165) is 37.8 Å². The van der Waals surface area contributed by atoms with Crippen molar-refractivity contribution in [2.45, 2.75) is 20.8 Å². The van der Waals surface area contributed by atoms with Gasteiger partial charge in [0.2, 0.25) is 0 Å². The van der Waals surface area contributed by atoms with Gasteiger partial charge in [-0.1, -0.05) is 13.8 Å². The lowest BCUT2D eigenvalue weighted by Gasteiger charge is -2.28. The number of morpholine rings is 1. The van der Waals surface area contributed by atoms with E-state index in [1.807, 2.05) is 6.92 Å². The Balaban J connectivity index is 2.71. The fourth-order valence-electron chi connectivity index (χ4n) is 1.55. The molecule has 0 atom stereocenters. The Morgan fingerprint density at radius 1 is 1.38 bits per heavy atom. The van der Waals surface area contributed by atoms with Gasteiger partial charge in [-0.3, -0.25) is 4.99 Å². The van der Waals surface area contributed by atoms with Gasteiger partial charge in [0.15, 0.2) is 0 Å². The molecule has 1 heterocycles. The first kappa shape index (κ1) is 12.9. The Labute approximate surface area is 97.7 Å². The topological polar surface area (TPSA) is 37.2 Å². The summed E-state index contributed by atoms with van der Waals surface area (Å²) in [7, 11) is 0. The first-order valence-corrected chi connectivity index (χ1v) is 5.69. The predicted molar refractivity (Wildman–Crippen MR) is 68.0 cm³/mol. The second-order valence-electron chi connectivity index (χ2n) is 4.15. The number of aliphatic imine (C=N–C) groups is 2. The molecule has 1 aliphatic heterocycles. The summed E-state index contributed by atoms with van der Waals surface area (Å²) in [6, 6.07) is 0. The van der Waals surface area contributed by atoms with Crippen LogP contribution in [-0.4, -0.2) is 43.8 Å². The smallest absolute Gasteiger partial charge is 0.101 e. The van der Waals surface area contributed by atoms with Gasteiger partial charge < -0.3 is 9.64 Å². The average Bonchev–Trinajstić information content (AvgIpc) is 2.29. The Hall–Kier alpha value is -1.16. The second kappa shape index (κ2) is 6.43. The summed E-state index contributed by atoms with van der Waals surface area (Å²) in [5.41, 5.74) is 0.971. The zero-order chi connectivity index (χ0) is 12.0. The molecular formula is C12H21N3O. The number of hydrogen-bond acceptors (Lipinski definition) is 3. The van der Waals surface area contributed by atoms with Crippen LogP contribution in [0.3, 0.4) is 0 Å². The van der Waals surface area contributed by atoms with E-state index in [1.165, 1.54) is 0 Å². The van der Waals surface area contributed by atoms with Crippen molar-refractivity contribution in [1.29, 1.82) is 0 Å². The molecule has 0 unspecified atom stereocenters. The molecular weight excluding hydrogens is 202 g/mol. The van der Waals surface area contributed by atoms with Crippen LogP contribution in [0.15, 0.2) is 21.9 Å². The van der Waals surface area contributed by atoms with E-state index in [2.05, 4.69) is 35.4 Å². The largest absolute Gasteiger partial charge is 0.378 e. The molecule has 1 aliphatic rings. The summed E-state index contributed by atoms with van der Waals surface area (Å²) in [5, 5.41) is 0. The van der Waals surface area contributed by atoms with Gasteiger partial charge in [-0.05, 0) is 19.6 Å². The fourth-order valence-corrected chi connectivity index (χ4v) is 1.55. The van der Waals surface area contributed by atoms with Gasteiger partial charge in [0.25, 0.3) is 0 Å². The van der Waals surface area contributed by atoms with Crippen LogP contribution in [-0.2, 0) is 4.74 Å². The molecule has 1 saturated heterocycles. The van der Waals surface area contributed by atoms with Gasteiger partial charge in [-0.25, -0.2) is 4.99 Å². The normalized spacial score (nSPS) is 19.1. The van der Waals surface area contributed by atoms with Gasteiger partial charge in [-0.15, -0.1) is 0 Å². The maximum Gasteiger partial charge on any atom is 0.101 e. The van der Waals surface area contributed by atoms with Crippen LogP contribution in [0, 0.1) is 5.92 Å². The van der Waals surface area contributed by atoms with Gasteiger partial charge in [0.1, 0.15) is 5.84 Å². The van der Waals surface area contributed by atoms with Crippen molar-refractivity contribution in [3.05, 3.63) is 11.9 Å². The van der Waals surface area contributed by atoms with E-state index >= 15 is 0 Å². The number of amidine groups is 1. The molecule has 4 nitrogen and oxygen atoms in total. The second-order valence-corrected chi connectivity index (χ2v) is 4.15. The minimum atomic E-state index is 0.362. The van der Waals surface area contributed by atoms with Crippen LogP contribution in [0.5, 0.6) is 0 Å². The molecule has 0 bridgehead atoms. The number of rotatable bonds is 3. The lowest BCUT2D eigenvalue weighted by Crippen LogP contribution is -2.39. The Kier molecular flexibility index (Phi) is 5.19. The quantitative estimate of drug-likeness (QED) is 0.541. The standard InChI is InChI=1S/C12H21N3O/c1-10(2)12(9-13-4)14-11(3)15-5-7-16-8-6-15/h9-10H,4-8H2,1-3H3/b12-9-,14-11?. The Morgan fingerprint density at radius 2 is 2.00 bits per heavy atom. The van der Waals surface area contributed by atoms with Crippen molar-refractivity contribution >= 4 is 12.6 Å². The molecule has 0 aromatic heterocycles.